The summed E-state index contributed by atoms with van der Waals surface area (Å²) in [5.74, 6) is 0.832. The highest BCUT2D eigenvalue weighted by Crippen LogP contribution is 2.07. The summed E-state index contributed by atoms with van der Waals surface area (Å²) in [6, 6.07) is 10.4. The van der Waals surface area contributed by atoms with Gasteiger partial charge in [-0.1, -0.05) is 43.0 Å². The smallest absolute Gasteiger partial charge is 0.115 e. The Labute approximate surface area is 134 Å². The Morgan fingerprint density at radius 1 is 1.36 bits per heavy atom. The van der Waals surface area contributed by atoms with E-state index in [-0.39, 0.29) is 6.04 Å². The molecule has 1 rings (SSSR count). The summed E-state index contributed by atoms with van der Waals surface area (Å²) in [4.78, 5) is 2.21. The predicted octanol–water partition coefficient (Wildman–Crippen LogP) is 3.50. The van der Waals surface area contributed by atoms with Gasteiger partial charge in [0, 0.05) is 13.1 Å². The Bertz CT molecular complexity index is 505. The highest BCUT2D eigenvalue weighted by Gasteiger charge is 2.08. The van der Waals surface area contributed by atoms with Gasteiger partial charge in [0.15, 0.2) is 0 Å². The van der Waals surface area contributed by atoms with Crippen LogP contribution in [0.15, 0.2) is 66.5 Å². The average Bonchev–Trinajstić information content (AvgIpc) is 2.51. The van der Waals surface area contributed by atoms with Crippen LogP contribution < -0.4 is 5.73 Å². The number of nitrogens with two attached hydrogens (primary N) is 1. The molecule has 0 radical (unpaired) electrons. The molecule has 1 unspecified atom stereocenters. The number of nitrogens with zero attached hydrogens (tertiary/aromatic N) is 1. The lowest BCUT2D eigenvalue weighted by atomic mass is 10.2. The first kappa shape index (κ1) is 18.2. The van der Waals surface area contributed by atoms with Crippen molar-refractivity contribution >= 4 is 0 Å². The monoisotopic (exact) mass is 300 g/mol. The lowest BCUT2D eigenvalue weighted by Gasteiger charge is -2.21. The van der Waals surface area contributed by atoms with E-state index in [0.29, 0.717) is 6.61 Å². The maximum atomic E-state index is 6.16. The second-order valence-electron chi connectivity index (χ2n) is 5.54. The molecule has 0 aliphatic carbocycles. The van der Waals surface area contributed by atoms with Crippen LogP contribution in [-0.2, 0) is 11.3 Å². The lowest BCUT2D eigenvalue weighted by Crippen LogP contribution is -2.38. The molecule has 3 heteroatoms. The number of ether oxygens (including phenoxy) is 1. The van der Waals surface area contributed by atoms with E-state index >= 15 is 0 Å². The third-order valence-corrected chi connectivity index (χ3v) is 3.28. The molecule has 2 N–H and O–H groups in total. The zero-order valence-electron chi connectivity index (χ0n) is 14.0. The molecule has 1 aromatic carbocycles. The van der Waals surface area contributed by atoms with Gasteiger partial charge in [0.05, 0.1) is 6.04 Å². The van der Waals surface area contributed by atoms with Crippen molar-refractivity contribution in [3.05, 3.63) is 72.0 Å². The van der Waals surface area contributed by atoms with Crippen molar-refractivity contribution in [2.24, 2.45) is 5.73 Å². The maximum Gasteiger partial charge on any atom is 0.115 e. The van der Waals surface area contributed by atoms with Crippen LogP contribution in [-0.4, -0.2) is 31.1 Å². The van der Waals surface area contributed by atoms with E-state index in [4.69, 9.17) is 10.5 Å². The molecule has 1 aromatic rings. The minimum atomic E-state index is -0.0268. The van der Waals surface area contributed by atoms with E-state index in [9.17, 15) is 0 Å². The fraction of sp³-hybridized carbons (Fsp3) is 0.368. The highest BCUT2D eigenvalue weighted by molar-refractivity contribution is 5.23. The largest absolute Gasteiger partial charge is 0.492 e. The van der Waals surface area contributed by atoms with Crippen LogP contribution in [0.25, 0.3) is 0 Å². The fourth-order valence-electron chi connectivity index (χ4n) is 2.11. The normalized spacial score (nSPS) is 14.0. The Hall–Kier alpha value is -1.84. The predicted molar refractivity (Wildman–Crippen MR) is 94.4 cm³/mol. The molecule has 0 spiro atoms. The number of allylic oxidation sites excluding steroid dienone is 4. The first-order valence-corrected chi connectivity index (χ1v) is 7.63. The lowest BCUT2D eigenvalue weighted by molar-refractivity contribution is 0.178. The van der Waals surface area contributed by atoms with Crippen LogP contribution in [0, 0.1) is 0 Å². The van der Waals surface area contributed by atoms with E-state index in [1.165, 1.54) is 5.56 Å². The summed E-state index contributed by atoms with van der Waals surface area (Å²) in [6.45, 7) is 9.86. The van der Waals surface area contributed by atoms with Gasteiger partial charge < -0.3 is 15.4 Å². The zero-order chi connectivity index (χ0) is 16.4. The van der Waals surface area contributed by atoms with Crippen molar-refractivity contribution < 1.29 is 4.74 Å². The molecular weight excluding hydrogens is 272 g/mol. The molecule has 1 atom stereocenters. The van der Waals surface area contributed by atoms with Crippen molar-refractivity contribution in [2.75, 3.05) is 20.2 Å². The molecule has 0 fully saturated rings. The Kier molecular flexibility index (Phi) is 8.26. The molecule has 120 valence electrons. The van der Waals surface area contributed by atoms with Gasteiger partial charge in [-0.05, 0) is 44.2 Å². The zero-order valence-corrected chi connectivity index (χ0v) is 14.0. The summed E-state index contributed by atoms with van der Waals surface area (Å²) in [5, 5.41) is 0. The third kappa shape index (κ3) is 7.25. The van der Waals surface area contributed by atoms with Crippen molar-refractivity contribution in [2.45, 2.75) is 26.4 Å². The van der Waals surface area contributed by atoms with E-state index in [1.807, 2.05) is 32.1 Å². The van der Waals surface area contributed by atoms with Gasteiger partial charge in [-0.2, -0.15) is 0 Å². The SMILES string of the molecule is C=C/C(C)=C\C(=C/C)OCC(N)CN(C)Cc1ccccc1. The first-order chi connectivity index (χ1) is 10.5. The van der Waals surface area contributed by atoms with Crippen LogP contribution in [0.2, 0.25) is 0 Å². The van der Waals surface area contributed by atoms with Crippen molar-refractivity contribution in [1.29, 1.82) is 0 Å². The Morgan fingerprint density at radius 2 is 2.05 bits per heavy atom. The van der Waals surface area contributed by atoms with Crippen LogP contribution in [0.1, 0.15) is 19.4 Å². The highest BCUT2D eigenvalue weighted by atomic mass is 16.5. The molecule has 3 nitrogen and oxygen atoms in total. The van der Waals surface area contributed by atoms with Gasteiger partial charge in [-0.25, -0.2) is 0 Å². The molecule has 0 aromatic heterocycles. The summed E-state index contributed by atoms with van der Waals surface area (Å²) < 4.78 is 5.76. The molecule has 0 saturated carbocycles. The third-order valence-electron chi connectivity index (χ3n) is 3.28. The molecule has 0 heterocycles. The van der Waals surface area contributed by atoms with Crippen LogP contribution >= 0.6 is 0 Å². The second-order valence-corrected chi connectivity index (χ2v) is 5.54. The molecule has 0 aliphatic rings. The number of likely N-dealkylation sites (N-methyl/N-ethyl adjacent to an activating group) is 1. The minimum Gasteiger partial charge on any atom is -0.492 e. The molecule has 0 aliphatic heterocycles. The van der Waals surface area contributed by atoms with Gasteiger partial charge in [0.25, 0.3) is 0 Å². The van der Waals surface area contributed by atoms with Gasteiger partial charge in [-0.15, -0.1) is 0 Å². The van der Waals surface area contributed by atoms with Gasteiger partial charge in [0.1, 0.15) is 12.4 Å². The average molecular weight is 300 g/mol. The van der Waals surface area contributed by atoms with E-state index in [0.717, 1.165) is 24.4 Å². The fourth-order valence-corrected chi connectivity index (χ4v) is 2.11. The number of rotatable bonds is 9. The van der Waals surface area contributed by atoms with E-state index in [2.05, 4.69) is 42.8 Å². The van der Waals surface area contributed by atoms with Crippen LogP contribution in [0.3, 0.4) is 0 Å². The first-order valence-electron chi connectivity index (χ1n) is 7.63. The van der Waals surface area contributed by atoms with Crippen LogP contribution in [0.4, 0.5) is 0 Å². The quantitative estimate of drug-likeness (QED) is 0.560. The van der Waals surface area contributed by atoms with Gasteiger partial charge in [0.2, 0.25) is 0 Å². The second kappa shape index (κ2) is 9.98. The molecule has 0 saturated heterocycles. The number of hydrogen-bond donors (Lipinski definition) is 1. The van der Waals surface area contributed by atoms with Crippen LogP contribution in [0.5, 0.6) is 0 Å². The van der Waals surface area contributed by atoms with E-state index in [1.54, 1.807) is 6.08 Å². The van der Waals surface area contributed by atoms with Crippen molar-refractivity contribution in [3.63, 3.8) is 0 Å². The standard InChI is InChI=1S/C19H28N2O/c1-5-16(3)12-19(6-2)22-15-18(20)14-21(4)13-17-10-8-7-9-11-17/h5-12,18H,1,13-15,20H2,2-4H3/b16-12-,19-6+. The maximum absolute atomic E-state index is 6.16. The van der Waals surface area contributed by atoms with Crippen molar-refractivity contribution in [3.8, 4) is 0 Å². The molecular formula is C19H28N2O. The summed E-state index contributed by atoms with van der Waals surface area (Å²) >= 11 is 0. The number of benzene rings is 1. The summed E-state index contributed by atoms with van der Waals surface area (Å²) in [7, 11) is 2.07. The molecule has 22 heavy (non-hydrogen) atoms. The van der Waals surface area contributed by atoms with Gasteiger partial charge >= 0.3 is 0 Å². The number of hydrogen-bond acceptors (Lipinski definition) is 3. The molecule has 0 amide bonds. The molecule has 0 bridgehead atoms. The summed E-state index contributed by atoms with van der Waals surface area (Å²) in [5.41, 5.74) is 8.52. The van der Waals surface area contributed by atoms with E-state index < -0.39 is 0 Å². The minimum absolute atomic E-state index is 0.0268. The van der Waals surface area contributed by atoms with Gasteiger partial charge in [-0.3, -0.25) is 0 Å². The Morgan fingerprint density at radius 3 is 2.64 bits per heavy atom. The van der Waals surface area contributed by atoms with Crippen molar-refractivity contribution in [1.82, 2.24) is 4.90 Å². The Balaban J connectivity index is 2.39. The summed E-state index contributed by atoms with van der Waals surface area (Å²) in [6.07, 6.45) is 5.71. The topological polar surface area (TPSA) is 38.5 Å².